The Morgan fingerprint density at radius 3 is 2.38 bits per heavy atom. The normalized spacial score (nSPS) is 15.2. The Morgan fingerprint density at radius 1 is 1.12 bits per heavy atom. The zero-order chi connectivity index (χ0) is 25.1. The molecule has 0 unspecified atom stereocenters. The maximum absolute atomic E-state index is 13.6. The number of amides is 3. The monoisotopic (exact) mass is 465 g/mol. The lowest BCUT2D eigenvalue weighted by molar-refractivity contribution is -0.125. The van der Waals surface area contributed by atoms with Crippen LogP contribution in [0, 0.1) is 5.41 Å². The van der Waals surface area contributed by atoms with Crippen LogP contribution >= 0.6 is 0 Å². The summed E-state index contributed by atoms with van der Waals surface area (Å²) in [4.78, 5) is 27.8. The first-order chi connectivity index (χ1) is 16.0. The van der Waals surface area contributed by atoms with Crippen LogP contribution in [0.2, 0.25) is 0 Å². The SMILES string of the molecule is CCNC(=O)NCc1cc(-c2ccccc2)c2c(OC)c1N(C(=O)C(C)(C)C)CCCC2(C)C. The van der Waals surface area contributed by atoms with Gasteiger partial charge < -0.3 is 20.3 Å². The fourth-order valence-electron chi connectivity index (χ4n) is 4.77. The maximum atomic E-state index is 13.6. The second-order valence-corrected chi connectivity index (χ2v) is 10.6. The molecule has 6 nitrogen and oxygen atoms in total. The van der Waals surface area contributed by atoms with Crippen LogP contribution in [0.1, 0.15) is 65.5 Å². The van der Waals surface area contributed by atoms with Gasteiger partial charge in [-0.3, -0.25) is 4.79 Å². The molecule has 0 aliphatic carbocycles. The maximum Gasteiger partial charge on any atom is 0.315 e. The molecule has 3 amide bonds. The van der Waals surface area contributed by atoms with E-state index < -0.39 is 5.41 Å². The summed E-state index contributed by atoms with van der Waals surface area (Å²) in [5, 5.41) is 5.74. The lowest BCUT2D eigenvalue weighted by Crippen LogP contribution is -2.43. The molecule has 184 valence electrons. The number of anilines is 1. The third-order valence-electron chi connectivity index (χ3n) is 6.42. The van der Waals surface area contributed by atoms with E-state index in [2.05, 4.69) is 42.7 Å². The number of urea groups is 1. The fraction of sp³-hybridized carbons (Fsp3) is 0.500. The average molecular weight is 466 g/mol. The van der Waals surface area contributed by atoms with Crippen molar-refractivity contribution in [1.82, 2.24) is 10.6 Å². The lowest BCUT2D eigenvalue weighted by atomic mass is 9.74. The summed E-state index contributed by atoms with van der Waals surface area (Å²) in [6.07, 6.45) is 1.80. The number of benzene rings is 2. The smallest absolute Gasteiger partial charge is 0.315 e. The van der Waals surface area contributed by atoms with Gasteiger partial charge in [0.25, 0.3) is 0 Å². The van der Waals surface area contributed by atoms with Crippen molar-refractivity contribution in [2.45, 2.75) is 66.3 Å². The molecule has 2 N–H and O–H groups in total. The molecular formula is C28H39N3O3. The van der Waals surface area contributed by atoms with Crippen molar-refractivity contribution in [3.05, 3.63) is 47.5 Å². The lowest BCUT2D eigenvalue weighted by Gasteiger charge is -2.39. The average Bonchev–Trinajstić information content (AvgIpc) is 2.78. The van der Waals surface area contributed by atoms with Gasteiger partial charge in [0.15, 0.2) is 0 Å². The standard InChI is InChI=1S/C28H39N3O3/c1-8-29-26(33)30-18-20-17-21(19-13-10-9-11-14-19)22-24(34-7)23(20)31(25(32)27(2,3)4)16-12-15-28(22,5)6/h9-11,13-14,17H,8,12,15-16,18H2,1-7H3,(H2,29,30,33). The minimum Gasteiger partial charge on any atom is -0.494 e. The molecular weight excluding hydrogens is 426 g/mol. The Bertz CT molecular complexity index is 1040. The second-order valence-electron chi connectivity index (χ2n) is 10.6. The predicted octanol–water partition coefficient (Wildman–Crippen LogP) is 5.63. The summed E-state index contributed by atoms with van der Waals surface area (Å²) in [6.45, 7) is 13.6. The van der Waals surface area contributed by atoms with Crippen molar-refractivity contribution in [2.24, 2.45) is 5.41 Å². The van der Waals surface area contributed by atoms with Crippen LogP contribution in [0.5, 0.6) is 5.75 Å². The summed E-state index contributed by atoms with van der Waals surface area (Å²) >= 11 is 0. The summed E-state index contributed by atoms with van der Waals surface area (Å²) in [5.41, 5.74) is 4.18. The highest BCUT2D eigenvalue weighted by Gasteiger charge is 2.38. The van der Waals surface area contributed by atoms with E-state index >= 15 is 0 Å². The Labute approximate surface area is 204 Å². The Balaban J connectivity index is 2.33. The summed E-state index contributed by atoms with van der Waals surface area (Å²) in [6, 6.07) is 12.1. The molecule has 1 heterocycles. The van der Waals surface area contributed by atoms with Gasteiger partial charge in [-0.05, 0) is 47.9 Å². The molecule has 1 aliphatic heterocycles. The van der Waals surface area contributed by atoms with Crippen molar-refractivity contribution in [3.8, 4) is 16.9 Å². The first-order valence-corrected chi connectivity index (χ1v) is 12.1. The third kappa shape index (κ3) is 5.21. The number of hydrogen-bond donors (Lipinski definition) is 2. The molecule has 0 radical (unpaired) electrons. The van der Waals surface area contributed by atoms with Crippen molar-refractivity contribution >= 4 is 17.6 Å². The van der Waals surface area contributed by atoms with Crippen molar-refractivity contribution in [2.75, 3.05) is 25.1 Å². The minimum atomic E-state index is -0.553. The molecule has 2 aromatic rings. The van der Waals surface area contributed by atoms with Crippen LogP contribution in [0.15, 0.2) is 36.4 Å². The minimum absolute atomic E-state index is 0.0446. The van der Waals surface area contributed by atoms with E-state index in [9.17, 15) is 9.59 Å². The predicted molar refractivity (Wildman–Crippen MR) is 138 cm³/mol. The molecule has 6 heteroatoms. The highest BCUT2D eigenvalue weighted by atomic mass is 16.5. The molecule has 1 aliphatic rings. The fourth-order valence-corrected chi connectivity index (χ4v) is 4.77. The van der Waals surface area contributed by atoms with E-state index in [1.807, 2.05) is 50.8 Å². The van der Waals surface area contributed by atoms with Gasteiger partial charge in [-0.1, -0.05) is 65.0 Å². The van der Waals surface area contributed by atoms with Crippen LogP contribution in [0.3, 0.4) is 0 Å². The number of rotatable bonds is 5. The van der Waals surface area contributed by atoms with Crippen LogP contribution in [-0.4, -0.2) is 32.1 Å². The zero-order valence-corrected chi connectivity index (χ0v) is 21.7. The molecule has 2 bridgehead atoms. The van der Waals surface area contributed by atoms with Gasteiger partial charge in [-0.25, -0.2) is 4.79 Å². The quantitative estimate of drug-likeness (QED) is 0.601. The largest absolute Gasteiger partial charge is 0.494 e. The number of nitrogens with one attached hydrogen (secondary N) is 2. The Kier molecular flexibility index (Phi) is 7.59. The van der Waals surface area contributed by atoms with Crippen LogP contribution in [0.4, 0.5) is 10.5 Å². The molecule has 0 aromatic heterocycles. The first kappa shape index (κ1) is 25.6. The van der Waals surface area contributed by atoms with Crippen LogP contribution < -0.4 is 20.3 Å². The first-order valence-electron chi connectivity index (χ1n) is 12.1. The number of fused-ring (bicyclic) bond motifs is 2. The number of carbonyl (C=O) groups is 2. The van der Waals surface area contributed by atoms with Crippen molar-refractivity contribution in [1.29, 1.82) is 0 Å². The molecule has 34 heavy (non-hydrogen) atoms. The van der Waals surface area contributed by atoms with E-state index in [-0.39, 0.29) is 23.9 Å². The molecule has 0 saturated heterocycles. The van der Waals surface area contributed by atoms with Gasteiger partial charge in [-0.15, -0.1) is 0 Å². The van der Waals surface area contributed by atoms with Gasteiger partial charge in [0.2, 0.25) is 5.91 Å². The van der Waals surface area contributed by atoms with Gasteiger partial charge in [0.05, 0.1) is 12.8 Å². The van der Waals surface area contributed by atoms with Crippen LogP contribution in [-0.2, 0) is 16.8 Å². The summed E-state index contributed by atoms with van der Waals surface area (Å²) in [7, 11) is 1.68. The number of nitrogens with zero attached hydrogens (tertiary/aromatic N) is 1. The number of carbonyl (C=O) groups excluding carboxylic acids is 2. The van der Waals surface area contributed by atoms with Gasteiger partial charge in [0, 0.05) is 30.6 Å². The van der Waals surface area contributed by atoms with E-state index in [1.165, 1.54) is 0 Å². The second kappa shape index (κ2) is 10.1. The summed E-state index contributed by atoms with van der Waals surface area (Å²) in [5.74, 6) is 0.763. The number of ether oxygens (including phenoxy) is 1. The summed E-state index contributed by atoms with van der Waals surface area (Å²) < 4.78 is 6.12. The Hall–Kier alpha value is -3.02. The van der Waals surface area contributed by atoms with Crippen LogP contribution in [0.25, 0.3) is 11.1 Å². The van der Waals surface area contributed by atoms with Crippen molar-refractivity contribution in [3.63, 3.8) is 0 Å². The van der Waals surface area contributed by atoms with E-state index in [1.54, 1.807) is 7.11 Å². The van der Waals surface area contributed by atoms with E-state index in [0.717, 1.165) is 46.5 Å². The van der Waals surface area contributed by atoms with Gasteiger partial charge >= 0.3 is 6.03 Å². The third-order valence-corrected chi connectivity index (χ3v) is 6.42. The molecule has 0 fully saturated rings. The highest BCUT2D eigenvalue weighted by Crippen LogP contribution is 2.50. The highest BCUT2D eigenvalue weighted by molar-refractivity contribution is 6.00. The molecule has 2 aromatic carbocycles. The number of methoxy groups -OCH3 is 1. The zero-order valence-electron chi connectivity index (χ0n) is 21.7. The van der Waals surface area contributed by atoms with E-state index in [4.69, 9.17) is 4.74 Å². The Morgan fingerprint density at radius 2 is 1.79 bits per heavy atom. The number of hydrogen-bond acceptors (Lipinski definition) is 3. The topological polar surface area (TPSA) is 70.7 Å². The molecule has 0 atom stereocenters. The van der Waals surface area contributed by atoms with Gasteiger partial charge in [-0.2, -0.15) is 0 Å². The van der Waals surface area contributed by atoms with Crippen molar-refractivity contribution < 1.29 is 14.3 Å². The van der Waals surface area contributed by atoms with E-state index in [0.29, 0.717) is 13.1 Å². The molecule has 0 saturated carbocycles. The molecule has 3 rings (SSSR count). The molecule has 0 spiro atoms. The van der Waals surface area contributed by atoms with Gasteiger partial charge in [0.1, 0.15) is 5.75 Å².